The number of hydrogen-bond acceptors (Lipinski definition) is 2. The number of pyridine rings is 1. The van der Waals surface area contributed by atoms with Gasteiger partial charge in [-0.3, -0.25) is 4.68 Å². The van der Waals surface area contributed by atoms with Crippen LogP contribution in [0.4, 0.5) is 4.39 Å². The number of benzene rings is 1. The van der Waals surface area contributed by atoms with Crippen LogP contribution in [0, 0.1) is 6.92 Å². The van der Waals surface area contributed by atoms with E-state index in [1.54, 1.807) is 23.0 Å². The lowest BCUT2D eigenvalue weighted by atomic mass is 9.87. The second-order valence-corrected chi connectivity index (χ2v) is 8.07. The molecule has 2 aromatic heterocycles. The highest BCUT2D eigenvalue weighted by Gasteiger charge is 2.13. The summed E-state index contributed by atoms with van der Waals surface area (Å²) in [6.07, 6.45) is 3.22. The Balaban J connectivity index is 1.79. The van der Waals surface area contributed by atoms with Crippen LogP contribution in [0.1, 0.15) is 48.8 Å². The molecule has 3 aromatic rings. The van der Waals surface area contributed by atoms with Gasteiger partial charge in [0, 0.05) is 11.9 Å². The summed E-state index contributed by atoms with van der Waals surface area (Å²) in [7, 11) is 0. The lowest BCUT2D eigenvalue weighted by Gasteiger charge is -2.18. The SMILES string of the molecule is Cc1cc(C(F)=Cc2ccc(C(C)(C)C)cc2)nn1Cc1ccc(Cl)nc1. The van der Waals surface area contributed by atoms with Crippen LogP contribution in [-0.2, 0) is 12.0 Å². The minimum Gasteiger partial charge on any atom is -0.265 e. The lowest BCUT2D eigenvalue weighted by Crippen LogP contribution is -2.10. The van der Waals surface area contributed by atoms with Gasteiger partial charge in [0.2, 0.25) is 0 Å². The first kappa shape index (κ1) is 19.3. The molecule has 0 bridgehead atoms. The summed E-state index contributed by atoms with van der Waals surface area (Å²) in [4.78, 5) is 4.07. The van der Waals surface area contributed by atoms with E-state index in [2.05, 4.69) is 30.9 Å². The van der Waals surface area contributed by atoms with Gasteiger partial charge in [-0.2, -0.15) is 5.10 Å². The topological polar surface area (TPSA) is 30.7 Å². The Morgan fingerprint density at radius 1 is 1.15 bits per heavy atom. The molecule has 0 radical (unpaired) electrons. The molecular formula is C22H23ClFN3. The summed E-state index contributed by atoms with van der Waals surface area (Å²) in [5.74, 6) is -0.352. The van der Waals surface area contributed by atoms with Crippen LogP contribution in [0.5, 0.6) is 0 Å². The van der Waals surface area contributed by atoms with E-state index in [0.717, 1.165) is 16.8 Å². The molecule has 140 valence electrons. The van der Waals surface area contributed by atoms with Crippen LogP contribution < -0.4 is 0 Å². The minimum atomic E-state index is -0.352. The molecule has 0 unspecified atom stereocenters. The first-order valence-electron chi connectivity index (χ1n) is 8.85. The van der Waals surface area contributed by atoms with Crippen molar-refractivity contribution in [3.63, 3.8) is 0 Å². The molecule has 5 heteroatoms. The number of halogens is 2. The van der Waals surface area contributed by atoms with Crippen molar-refractivity contribution in [3.05, 3.63) is 81.9 Å². The van der Waals surface area contributed by atoms with Crippen LogP contribution in [0.15, 0.2) is 48.7 Å². The van der Waals surface area contributed by atoms with Gasteiger partial charge in [-0.1, -0.05) is 62.7 Å². The summed E-state index contributed by atoms with van der Waals surface area (Å²) < 4.78 is 16.5. The fourth-order valence-corrected chi connectivity index (χ4v) is 2.87. The molecule has 0 saturated carbocycles. The Morgan fingerprint density at radius 3 is 2.44 bits per heavy atom. The smallest absolute Gasteiger partial charge is 0.151 e. The Hall–Kier alpha value is -2.46. The van der Waals surface area contributed by atoms with Crippen molar-refractivity contribution in [2.75, 3.05) is 0 Å². The molecule has 2 heterocycles. The van der Waals surface area contributed by atoms with Gasteiger partial charge >= 0.3 is 0 Å². The normalized spacial score (nSPS) is 12.4. The van der Waals surface area contributed by atoms with Crippen molar-refractivity contribution in [3.8, 4) is 0 Å². The van der Waals surface area contributed by atoms with E-state index in [1.807, 2.05) is 37.3 Å². The van der Waals surface area contributed by atoms with Gasteiger partial charge in [0.1, 0.15) is 10.8 Å². The second-order valence-electron chi connectivity index (χ2n) is 7.68. The minimum absolute atomic E-state index is 0.0766. The highest BCUT2D eigenvalue weighted by atomic mass is 35.5. The van der Waals surface area contributed by atoms with Crippen LogP contribution >= 0.6 is 11.6 Å². The molecule has 0 atom stereocenters. The zero-order valence-corrected chi connectivity index (χ0v) is 16.8. The maximum Gasteiger partial charge on any atom is 0.151 e. The first-order chi connectivity index (χ1) is 12.7. The fourth-order valence-electron chi connectivity index (χ4n) is 2.76. The third-order valence-electron chi connectivity index (χ3n) is 4.42. The van der Waals surface area contributed by atoms with Crippen molar-refractivity contribution < 1.29 is 4.39 Å². The monoisotopic (exact) mass is 383 g/mol. The van der Waals surface area contributed by atoms with Crippen molar-refractivity contribution in [2.45, 2.75) is 39.7 Å². The Labute approximate surface area is 164 Å². The number of aromatic nitrogens is 3. The zero-order valence-electron chi connectivity index (χ0n) is 16.0. The van der Waals surface area contributed by atoms with Gasteiger partial charge in [0.15, 0.2) is 5.83 Å². The summed E-state index contributed by atoms with van der Waals surface area (Å²) in [6, 6.07) is 13.3. The maximum absolute atomic E-state index is 14.7. The van der Waals surface area contributed by atoms with Gasteiger partial charge in [-0.25, -0.2) is 9.37 Å². The van der Waals surface area contributed by atoms with Gasteiger partial charge < -0.3 is 0 Å². The molecule has 0 N–H and O–H groups in total. The van der Waals surface area contributed by atoms with E-state index in [0.29, 0.717) is 17.4 Å². The second kappa shape index (κ2) is 7.65. The van der Waals surface area contributed by atoms with Crippen molar-refractivity contribution in [2.24, 2.45) is 0 Å². The molecule has 3 rings (SSSR count). The summed E-state index contributed by atoms with van der Waals surface area (Å²) >= 11 is 5.81. The standard InChI is InChI=1S/C22H23ClFN3/c1-15-11-20(26-27(15)14-17-7-10-21(23)25-13-17)19(24)12-16-5-8-18(9-6-16)22(2,3)4/h5-13H,14H2,1-4H3. The third kappa shape index (κ3) is 4.83. The first-order valence-corrected chi connectivity index (χ1v) is 9.23. The molecule has 0 spiro atoms. The largest absolute Gasteiger partial charge is 0.265 e. The molecule has 1 aromatic carbocycles. The number of nitrogens with zero attached hydrogens (tertiary/aromatic N) is 3. The Kier molecular flexibility index (Phi) is 5.47. The van der Waals surface area contributed by atoms with Crippen molar-refractivity contribution in [1.29, 1.82) is 0 Å². The maximum atomic E-state index is 14.7. The number of aryl methyl sites for hydroxylation is 1. The van der Waals surface area contributed by atoms with E-state index in [9.17, 15) is 4.39 Å². The predicted octanol–water partition coefficient (Wildman–Crippen LogP) is 6.05. The van der Waals surface area contributed by atoms with Crippen LogP contribution in [-0.4, -0.2) is 14.8 Å². The Bertz CT molecular complexity index is 949. The van der Waals surface area contributed by atoms with Crippen LogP contribution in [0.3, 0.4) is 0 Å². The van der Waals surface area contributed by atoms with Crippen LogP contribution in [0.2, 0.25) is 5.15 Å². The molecule has 3 nitrogen and oxygen atoms in total. The van der Waals surface area contributed by atoms with E-state index < -0.39 is 0 Å². The number of hydrogen-bond donors (Lipinski definition) is 0. The molecule has 0 aliphatic heterocycles. The lowest BCUT2D eigenvalue weighted by molar-refractivity contribution is 0.590. The molecule has 27 heavy (non-hydrogen) atoms. The summed E-state index contributed by atoms with van der Waals surface area (Å²) in [5.41, 5.74) is 4.28. The van der Waals surface area contributed by atoms with E-state index in [1.165, 1.54) is 11.6 Å². The van der Waals surface area contributed by atoms with Crippen LogP contribution in [0.25, 0.3) is 11.9 Å². The predicted molar refractivity (Wildman–Crippen MR) is 109 cm³/mol. The van der Waals surface area contributed by atoms with Gasteiger partial charge in [-0.15, -0.1) is 0 Å². The van der Waals surface area contributed by atoms with Crippen molar-refractivity contribution >= 4 is 23.5 Å². The summed E-state index contributed by atoms with van der Waals surface area (Å²) in [6.45, 7) is 8.90. The van der Waals surface area contributed by atoms with E-state index in [-0.39, 0.29) is 11.2 Å². The highest BCUT2D eigenvalue weighted by molar-refractivity contribution is 6.29. The number of rotatable bonds is 4. The molecule has 0 aliphatic carbocycles. The zero-order chi connectivity index (χ0) is 19.6. The summed E-state index contributed by atoms with van der Waals surface area (Å²) in [5, 5.41) is 4.84. The average molecular weight is 384 g/mol. The van der Waals surface area contributed by atoms with Gasteiger partial charge in [0.05, 0.1) is 6.54 Å². The molecule has 0 aliphatic rings. The van der Waals surface area contributed by atoms with Crippen molar-refractivity contribution in [1.82, 2.24) is 14.8 Å². The quantitative estimate of drug-likeness (QED) is 0.513. The van der Waals surface area contributed by atoms with Gasteiger partial charge in [-0.05, 0) is 47.2 Å². The fraction of sp³-hybridized carbons (Fsp3) is 0.273. The average Bonchev–Trinajstić information content (AvgIpc) is 2.97. The van der Waals surface area contributed by atoms with E-state index in [4.69, 9.17) is 11.6 Å². The highest BCUT2D eigenvalue weighted by Crippen LogP contribution is 2.24. The molecule has 0 fully saturated rings. The molecular weight excluding hydrogens is 361 g/mol. The molecule has 0 saturated heterocycles. The van der Waals surface area contributed by atoms with Gasteiger partial charge in [0.25, 0.3) is 0 Å². The van der Waals surface area contributed by atoms with E-state index >= 15 is 0 Å². The molecule has 0 amide bonds. The third-order valence-corrected chi connectivity index (χ3v) is 4.64. The Morgan fingerprint density at radius 2 is 1.85 bits per heavy atom.